The number of hydrogen-bond donors (Lipinski definition) is 1. The molecule has 14 heavy (non-hydrogen) atoms. The predicted molar refractivity (Wildman–Crippen MR) is 56.2 cm³/mol. The maximum atomic E-state index is 11.5. The molecule has 0 aromatic rings. The molecular formula is C11H18N2O. The molecular weight excluding hydrogens is 176 g/mol. The summed E-state index contributed by atoms with van der Waals surface area (Å²) in [4.78, 5) is 16.0. The van der Waals surface area contributed by atoms with Crippen LogP contribution in [0.25, 0.3) is 0 Å². The average molecular weight is 194 g/mol. The van der Waals surface area contributed by atoms with E-state index in [4.69, 9.17) is 0 Å². The minimum atomic E-state index is -0.105. The molecule has 2 unspecified atom stereocenters. The summed E-state index contributed by atoms with van der Waals surface area (Å²) in [6, 6.07) is -0.105. The van der Waals surface area contributed by atoms with Crippen molar-refractivity contribution in [2.24, 2.45) is 16.3 Å². The minimum absolute atomic E-state index is 0.101. The van der Waals surface area contributed by atoms with Crippen LogP contribution in [0.15, 0.2) is 4.99 Å². The van der Waals surface area contributed by atoms with Crippen molar-refractivity contribution >= 4 is 11.7 Å². The number of carbonyl (C=O) groups is 1. The zero-order valence-corrected chi connectivity index (χ0v) is 9.13. The largest absolute Gasteiger partial charge is 0.312 e. The van der Waals surface area contributed by atoms with Gasteiger partial charge < -0.3 is 5.32 Å². The first-order valence-corrected chi connectivity index (χ1v) is 5.43. The van der Waals surface area contributed by atoms with Crippen LogP contribution in [0.5, 0.6) is 0 Å². The van der Waals surface area contributed by atoms with Gasteiger partial charge >= 0.3 is 0 Å². The Morgan fingerprint density at radius 1 is 1.57 bits per heavy atom. The fraction of sp³-hybridized carbons (Fsp3) is 0.818. The summed E-state index contributed by atoms with van der Waals surface area (Å²) in [5, 5.41) is 2.92. The summed E-state index contributed by atoms with van der Waals surface area (Å²) >= 11 is 0. The summed E-state index contributed by atoms with van der Waals surface area (Å²) in [6.45, 7) is 6.53. The summed E-state index contributed by atoms with van der Waals surface area (Å²) < 4.78 is 0. The lowest BCUT2D eigenvalue weighted by Crippen LogP contribution is -2.30. The molecule has 1 aliphatic heterocycles. The van der Waals surface area contributed by atoms with Crippen LogP contribution in [0.1, 0.15) is 40.0 Å². The van der Waals surface area contributed by atoms with E-state index < -0.39 is 0 Å². The van der Waals surface area contributed by atoms with Crippen molar-refractivity contribution in [3.8, 4) is 0 Å². The summed E-state index contributed by atoms with van der Waals surface area (Å²) in [5.41, 5.74) is 0.354. The third-order valence-corrected chi connectivity index (χ3v) is 3.25. The number of nitrogens with one attached hydrogen (secondary N) is 1. The van der Waals surface area contributed by atoms with Gasteiger partial charge in [-0.15, -0.1) is 0 Å². The number of nitrogens with zero attached hydrogens (tertiary/aromatic N) is 1. The molecule has 0 saturated heterocycles. The van der Waals surface area contributed by atoms with Crippen LogP contribution in [-0.4, -0.2) is 17.8 Å². The normalized spacial score (nSPS) is 33.9. The lowest BCUT2D eigenvalue weighted by atomic mass is 10.1. The van der Waals surface area contributed by atoms with E-state index in [1.807, 2.05) is 0 Å². The smallest absolute Gasteiger partial charge is 0.250 e. The molecule has 1 fully saturated rings. The van der Waals surface area contributed by atoms with E-state index in [-0.39, 0.29) is 11.9 Å². The van der Waals surface area contributed by atoms with Gasteiger partial charge in [0.25, 0.3) is 0 Å². The van der Waals surface area contributed by atoms with E-state index in [0.717, 1.165) is 25.1 Å². The van der Waals surface area contributed by atoms with Gasteiger partial charge in [-0.05, 0) is 18.3 Å². The lowest BCUT2D eigenvalue weighted by molar-refractivity contribution is -0.120. The molecule has 2 aliphatic rings. The highest BCUT2D eigenvalue weighted by Crippen LogP contribution is 2.52. The third-order valence-electron chi connectivity index (χ3n) is 3.25. The number of carbonyl (C=O) groups excluding carboxylic acids is 1. The van der Waals surface area contributed by atoms with Crippen LogP contribution in [-0.2, 0) is 4.79 Å². The number of amides is 1. The Morgan fingerprint density at radius 3 is 2.71 bits per heavy atom. The molecule has 1 aliphatic carbocycles. The molecule has 0 bridgehead atoms. The van der Waals surface area contributed by atoms with Crippen molar-refractivity contribution in [3.05, 3.63) is 0 Å². The van der Waals surface area contributed by atoms with Gasteiger partial charge in [-0.3, -0.25) is 9.79 Å². The number of hydrogen-bond acceptors (Lipinski definition) is 2. The standard InChI is InChI=1S/C11H18N2O/c1-4-5-8-10(14)13-9(12-8)7-6-11(7,2)3/h7-8H,4-6H2,1-3H3,(H,12,13,14). The molecule has 0 spiro atoms. The van der Waals surface area contributed by atoms with E-state index in [2.05, 4.69) is 31.1 Å². The number of rotatable bonds is 3. The van der Waals surface area contributed by atoms with Crippen molar-refractivity contribution in [2.75, 3.05) is 0 Å². The molecule has 0 aromatic heterocycles. The van der Waals surface area contributed by atoms with Gasteiger partial charge in [0.05, 0.1) is 0 Å². The predicted octanol–water partition coefficient (Wildman–Crippen LogP) is 1.73. The van der Waals surface area contributed by atoms with Gasteiger partial charge in [0, 0.05) is 5.92 Å². The number of amidine groups is 1. The summed E-state index contributed by atoms with van der Waals surface area (Å²) in [5.74, 6) is 1.54. The SMILES string of the molecule is CCCC1N=C(C2CC2(C)C)NC1=O. The van der Waals surface area contributed by atoms with Gasteiger partial charge in [0.1, 0.15) is 11.9 Å². The average Bonchev–Trinajstić information content (AvgIpc) is 2.57. The molecule has 0 aromatic carbocycles. The van der Waals surface area contributed by atoms with Crippen molar-refractivity contribution in [1.82, 2.24) is 5.32 Å². The Kier molecular flexibility index (Phi) is 2.13. The molecule has 3 nitrogen and oxygen atoms in total. The Labute approximate surface area is 85.0 Å². The van der Waals surface area contributed by atoms with Crippen LogP contribution in [0.2, 0.25) is 0 Å². The highest BCUT2D eigenvalue weighted by molar-refractivity contribution is 6.07. The maximum absolute atomic E-state index is 11.5. The zero-order valence-electron chi connectivity index (χ0n) is 9.13. The Hall–Kier alpha value is -0.860. The van der Waals surface area contributed by atoms with Crippen LogP contribution in [0.3, 0.4) is 0 Å². The molecule has 78 valence electrons. The first-order valence-electron chi connectivity index (χ1n) is 5.43. The molecule has 2 atom stereocenters. The molecule has 3 heteroatoms. The Bertz CT molecular complexity index is 294. The van der Waals surface area contributed by atoms with E-state index in [1.165, 1.54) is 0 Å². The van der Waals surface area contributed by atoms with Crippen LogP contribution >= 0.6 is 0 Å². The second-order valence-corrected chi connectivity index (χ2v) is 5.05. The van der Waals surface area contributed by atoms with Crippen molar-refractivity contribution in [3.63, 3.8) is 0 Å². The molecule has 1 N–H and O–H groups in total. The minimum Gasteiger partial charge on any atom is -0.312 e. The van der Waals surface area contributed by atoms with E-state index in [1.54, 1.807) is 0 Å². The molecule has 2 rings (SSSR count). The van der Waals surface area contributed by atoms with E-state index in [0.29, 0.717) is 11.3 Å². The van der Waals surface area contributed by atoms with Crippen LogP contribution in [0.4, 0.5) is 0 Å². The molecule has 1 amide bonds. The first-order chi connectivity index (χ1) is 6.54. The van der Waals surface area contributed by atoms with Crippen LogP contribution < -0.4 is 5.32 Å². The first kappa shape index (κ1) is 9.69. The van der Waals surface area contributed by atoms with Crippen molar-refractivity contribution in [2.45, 2.75) is 46.1 Å². The third kappa shape index (κ3) is 1.56. The van der Waals surface area contributed by atoms with Gasteiger partial charge in [0.15, 0.2) is 0 Å². The fourth-order valence-electron chi connectivity index (χ4n) is 2.05. The van der Waals surface area contributed by atoms with Crippen LogP contribution in [0, 0.1) is 11.3 Å². The molecule has 1 heterocycles. The van der Waals surface area contributed by atoms with Gasteiger partial charge in [0.2, 0.25) is 5.91 Å². The highest BCUT2D eigenvalue weighted by Gasteiger charge is 2.51. The van der Waals surface area contributed by atoms with E-state index in [9.17, 15) is 4.79 Å². The maximum Gasteiger partial charge on any atom is 0.250 e. The van der Waals surface area contributed by atoms with Gasteiger partial charge in [-0.1, -0.05) is 27.2 Å². The Balaban J connectivity index is 2.02. The summed E-state index contributed by atoms with van der Waals surface area (Å²) in [7, 11) is 0. The van der Waals surface area contributed by atoms with Gasteiger partial charge in [-0.2, -0.15) is 0 Å². The monoisotopic (exact) mass is 194 g/mol. The summed E-state index contributed by atoms with van der Waals surface area (Å²) in [6.07, 6.45) is 3.05. The quantitative estimate of drug-likeness (QED) is 0.730. The van der Waals surface area contributed by atoms with Gasteiger partial charge in [-0.25, -0.2) is 0 Å². The lowest BCUT2D eigenvalue weighted by Gasteiger charge is -2.01. The highest BCUT2D eigenvalue weighted by atomic mass is 16.2. The second-order valence-electron chi connectivity index (χ2n) is 5.05. The second kappa shape index (κ2) is 3.07. The van der Waals surface area contributed by atoms with E-state index >= 15 is 0 Å². The topological polar surface area (TPSA) is 41.5 Å². The fourth-order valence-corrected chi connectivity index (χ4v) is 2.05. The van der Waals surface area contributed by atoms with Crippen molar-refractivity contribution < 1.29 is 4.79 Å². The molecule has 0 radical (unpaired) electrons. The number of aliphatic imine (C=N–C) groups is 1. The zero-order chi connectivity index (χ0) is 10.3. The van der Waals surface area contributed by atoms with Crippen molar-refractivity contribution in [1.29, 1.82) is 0 Å². The molecule has 1 saturated carbocycles. The Morgan fingerprint density at radius 2 is 2.21 bits per heavy atom.